The van der Waals surface area contributed by atoms with E-state index in [1.165, 1.54) is 6.07 Å². The minimum Gasteiger partial charge on any atom is -0.493 e. The van der Waals surface area contributed by atoms with E-state index in [-0.39, 0.29) is 11.7 Å². The molecule has 2 atom stereocenters. The first-order valence-corrected chi connectivity index (χ1v) is 6.83. The molecule has 0 radical (unpaired) electrons. The highest BCUT2D eigenvalue weighted by molar-refractivity contribution is 5.38. The number of rotatable bonds is 3. The van der Waals surface area contributed by atoms with Crippen molar-refractivity contribution in [1.82, 2.24) is 4.98 Å². The topological polar surface area (TPSA) is 48.1 Å². The van der Waals surface area contributed by atoms with E-state index in [9.17, 15) is 4.39 Å². The fraction of sp³-hybridized carbons (Fsp3) is 0.312. The van der Waals surface area contributed by atoms with Crippen LogP contribution in [0.5, 0.6) is 5.75 Å². The summed E-state index contributed by atoms with van der Waals surface area (Å²) in [6.45, 7) is 0.680. The van der Waals surface area contributed by atoms with Gasteiger partial charge in [-0.25, -0.2) is 4.39 Å². The molecule has 4 heteroatoms. The number of fused-ring (bicyclic) bond motifs is 1. The van der Waals surface area contributed by atoms with Gasteiger partial charge in [-0.15, -0.1) is 0 Å². The van der Waals surface area contributed by atoms with Gasteiger partial charge in [-0.05, 0) is 42.5 Å². The van der Waals surface area contributed by atoms with Gasteiger partial charge in [0, 0.05) is 6.20 Å². The van der Waals surface area contributed by atoms with Gasteiger partial charge in [0.15, 0.2) is 0 Å². The van der Waals surface area contributed by atoms with Crippen molar-refractivity contribution in [3.63, 3.8) is 0 Å². The molecular weight excluding hydrogens is 255 g/mol. The molecule has 2 aromatic rings. The molecule has 20 heavy (non-hydrogen) atoms. The van der Waals surface area contributed by atoms with Gasteiger partial charge in [-0.2, -0.15) is 0 Å². The monoisotopic (exact) mass is 272 g/mol. The number of nitrogens with two attached hydrogens (primary N) is 1. The van der Waals surface area contributed by atoms with Crippen LogP contribution in [0.4, 0.5) is 4.39 Å². The third-order valence-corrected chi connectivity index (χ3v) is 3.76. The summed E-state index contributed by atoms with van der Waals surface area (Å²) in [5.74, 6) is 0.870. The molecule has 104 valence electrons. The van der Waals surface area contributed by atoms with E-state index in [0.29, 0.717) is 18.7 Å². The molecular formula is C16H17FN2O. The second-order valence-corrected chi connectivity index (χ2v) is 5.08. The average Bonchev–Trinajstić information content (AvgIpc) is 2.48. The Morgan fingerprint density at radius 2 is 2.15 bits per heavy atom. The molecule has 0 saturated heterocycles. The van der Waals surface area contributed by atoms with Crippen LogP contribution in [-0.4, -0.2) is 11.6 Å². The van der Waals surface area contributed by atoms with Crippen molar-refractivity contribution >= 4 is 0 Å². The predicted octanol–water partition coefficient (Wildman–Crippen LogP) is 3.18. The number of pyridine rings is 1. The molecule has 0 aliphatic carbocycles. The highest BCUT2D eigenvalue weighted by atomic mass is 19.1. The Bertz CT molecular complexity index is 603. The van der Waals surface area contributed by atoms with Crippen molar-refractivity contribution in [3.8, 4) is 5.75 Å². The summed E-state index contributed by atoms with van der Waals surface area (Å²) in [5, 5.41) is 0. The van der Waals surface area contributed by atoms with Crippen LogP contribution in [0.15, 0.2) is 42.6 Å². The van der Waals surface area contributed by atoms with Crippen LogP contribution in [0, 0.1) is 5.82 Å². The molecule has 3 nitrogen and oxygen atoms in total. The Labute approximate surface area is 117 Å². The van der Waals surface area contributed by atoms with Gasteiger partial charge in [0.25, 0.3) is 0 Å². The number of nitrogens with zero attached hydrogens (tertiary/aromatic N) is 1. The molecule has 2 N–H and O–H groups in total. The summed E-state index contributed by atoms with van der Waals surface area (Å²) in [6.07, 6.45) is 3.16. The number of ether oxygens (including phenoxy) is 1. The van der Waals surface area contributed by atoms with E-state index in [2.05, 4.69) is 11.1 Å². The molecule has 0 bridgehead atoms. The second kappa shape index (κ2) is 5.59. The van der Waals surface area contributed by atoms with Crippen molar-refractivity contribution in [2.45, 2.75) is 24.8 Å². The molecule has 0 saturated carbocycles. The summed E-state index contributed by atoms with van der Waals surface area (Å²) in [5.41, 5.74) is 7.64. The summed E-state index contributed by atoms with van der Waals surface area (Å²) >= 11 is 0. The SMILES string of the molecule is NC(CC1CCOc2ccccc21)c1ncccc1F. The maximum Gasteiger partial charge on any atom is 0.146 e. The van der Waals surface area contributed by atoms with E-state index in [0.717, 1.165) is 17.7 Å². The first kappa shape index (κ1) is 13.1. The lowest BCUT2D eigenvalue weighted by Gasteiger charge is -2.27. The van der Waals surface area contributed by atoms with Gasteiger partial charge in [0.2, 0.25) is 0 Å². The molecule has 0 amide bonds. The van der Waals surface area contributed by atoms with Gasteiger partial charge >= 0.3 is 0 Å². The van der Waals surface area contributed by atoms with Crippen molar-refractivity contribution < 1.29 is 9.13 Å². The zero-order valence-electron chi connectivity index (χ0n) is 11.1. The zero-order valence-corrected chi connectivity index (χ0v) is 11.1. The Morgan fingerprint density at radius 3 is 3.00 bits per heavy atom. The fourth-order valence-corrected chi connectivity index (χ4v) is 2.75. The number of hydrogen-bond donors (Lipinski definition) is 1. The molecule has 2 heterocycles. The molecule has 1 aliphatic rings. The maximum absolute atomic E-state index is 13.7. The van der Waals surface area contributed by atoms with E-state index < -0.39 is 6.04 Å². The minimum absolute atomic E-state index is 0.288. The van der Waals surface area contributed by atoms with E-state index in [1.807, 2.05) is 18.2 Å². The Kier molecular flexibility index (Phi) is 3.65. The molecule has 1 aliphatic heterocycles. The first-order valence-electron chi connectivity index (χ1n) is 6.83. The van der Waals surface area contributed by atoms with Crippen LogP contribution in [0.2, 0.25) is 0 Å². The molecule has 2 unspecified atom stereocenters. The smallest absolute Gasteiger partial charge is 0.146 e. The van der Waals surface area contributed by atoms with E-state index >= 15 is 0 Å². The summed E-state index contributed by atoms with van der Waals surface area (Å²) in [6, 6.07) is 10.6. The predicted molar refractivity (Wildman–Crippen MR) is 75.0 cm³/mol. The highest BCUT2D eigenvalue weighted by Crippen LogP contribution is 2.38. The van der Waals surface area contributed by atoms with E-state index in [1.54, 1.807) is 12.3 Å². The Balaban J connectivity index is 1.81. The molecule has 0 fully saturated rings. The average molecular weight is 272 g/mol. The molecule has 3 rings (SSSR count). The van der Waals surface area contributed by atoms with Crippen LogP contribution in [0.1, 0.15) is 36.1 Å². The van der Waals surface area contributed by atoms with Crippen LogP contribution < -0.4 is 10.5 Å². The molecule has 0 spiro atoms. The van der Waals surface area contributed by atoms with Crippen molar-refractivity contribution in [2.75, 3.05) is 6.61 Å². The Morgan fingerprint density at radius 1 is 1.30 bits per heavy atom. The first-order chi connectivity index (χ1) is 9.75. The summed E-state index contributed by atoms with van der Waals surface area (Å²) in [7, 11) is 0. The normalized spacial score (nSPS) is 19.0. The lowest BCUT2D eigenvalue weighted by Crippen LogP contribution is -2.21. The summed E-state index contributed by atoms with van der Waals surface area (Å²) < 4.78 is 19.4. The van der Waals surface area contributed by atoms with Crippen molar-refractivity contribution in [2.24, 2.45) is 5.73 Å². The zero-order chi connectivity index (χ0) is 13.9. The highest BCUT2D eigenvalue weighted by Gasteiger charge is 2.25. The van der Waals surface area contributed by atoms with Crippen molar-refractivity contribution in [3.05, 3.63) is 59.7 Å². The third-order valence-electron chi connectivity index (χ3n) is 3.76. The van der Waals surface area contributed by atoms with Gasteiger partial charge in [-0.3, -0.25) is 4.98 Å². The van der Waals surface area contributed by atoms with Gasteiger partial charge in [0.05, 0.1) is 18.3 Å². The minimum atomic E-state index is -0.396. The largest absolute Gasteiger partial charge is 0.493 e. The van der Waals surface area contributed by atoms with E-state index in [4.69, 9.17) is 10.5 Å². The molecule has 1 aromatic heterocycles. The second-order valence-electron chi connectivity index (χ2n) is 5.08. The lowest BCUT2D eigenvalue weighted by atomic mass is 9.87. The quantitative estimate of drug-likeness (QED) is 0.933. The van der Waals surface area contributed by atoms with Crippen LogP contribution >= 0.6 is 0 Å². The van der Waals surface area contributed by atoms with Crippen molar-refractivity contribution in [1.29, 1.82) is 0 Å². The van der Waals surface area contributed by atoms with Crippen LogP contribution in [0.25, 0.3) is 0 Å². The third kappa shape index (κ3) is 2.51. The summed E-state index contributed by atoms with van der Waals surface area (Å²) in [4.78, 5) is 4.07. The Hall–Kier alpha value is -1.94. The van der Waals surface area contributed by atoms with Gasteiger partial charge < -0.3 is 10.5 Å². The standard InChI is InChI=1S/C16H17FN2O/c17-13-5-3-8-19-16(13)14(18)10-11-7-9-20-15-6-2-1-4-12(11)15/h1-6,8,11,14H,7,9-10,18H2. The number of aromatic nitrogens is 1. The molecule has 1 aromatic carbocycles. The fourth-order valence-electron chi connectivity index (χ4n) is 2.75. The number of hydrogen-bond acceptors (Lipinski definition) is 3. The number of para-hydroxylation sites is 1. The number of halogens is 1. The van der Waals surface area contributed by atoms with Gasteiger partial charge in [0.1, 0.15) is 11.6 Å². The lowest BCUT2D eigenvalue weighted by molar-refractivity contribution is 0.258. The maximum atomic E-state index is 13.7. The van der Waals surface area contributed by atoms with Crippen LogP contribution in [-0.2, 0) is 0 Å². The van der Waals surface area contributed by atoms with Crippen LogP contribution in [0.3, 0.4) is 0 Å². The van der Waals surface area contributed by atoms with Gasteiger partial charge in [-0.1, -0.05) is 18.2 Å². The number of benzene rings is 1.